The first-order chi connectivity index (χ1) is 17.2. The zero-order valence-electron chi connectivity index (χ0n) is 18.7. The van der Waals surface area contributed by atoms with Gasteiger partial charge in [0.15, 0.2) is 5.43 Å². The van der Waals surface area contributed by atoms with Crippen LogP contribution in [0.5, 0.6) is 0 Å². The molecule has 0 fully saturated rings. The van der Waals surface area contributed by atoms with Crippen LogP contribution < -0.4 is 11.0 Å². The quantitative estimate of drug-likeness (QED) is 0.234. The third-order valence-corrected chi connectivity index (χ3v) is 6.98. The van der Waals surface area contributed by atoms with Crippen LogP contribution in [-0.4, -0.2) is 4.40 Å². The normalized spacial score (nSPS) is 11.7. The molecule has 0 saturated heterocycles. The molecule has 0 radical (unpaired) electrons. The van der Waals surface area contributed by atoms with Crippen LogP contribution in [0.1, 0.15) is 0 Å². The summed E-state index contributed by atoms with van der Waals surface area (Å²) < 4.78 is 1.84. The van der Waals surface area contributed by atoms with E-state index in [9.17, 15) is 9.59 Å². The molecule has 3 nitrogen and oxygen atoms in total. The van der Waals surface area contributed by atoms with Gasteiger partial charge in [0, 0.05) is 32.3 Å². The number of hydrogen-bond donors (Lipinski definition) is 0. The molecule has 0 aliphatic heterocycles. The molecule has 0 N–H and O–H groups in total. The number of rotatable bonds is 0. The topological polar surface area (TPSA) is 38.5 Å². The molecule has 5 aromatic carbocycles. The highest BCUT2D eigenvalue weighted by molar-refractivity contribution is 6.18. The van der Waals surface area contributed by atoms with Gasteiger partial charge >= 0.3 is 0 Å². The maximum Gasteiger partial charge on any atom is 0.263 e. The lowest BCUT2D eigenvalue weighted by atomic mass is 9.99. The Hall–Kier alpha value is -4.76. The number of aromatic nitrogens is 1. The highest BCUT2D eigenvalue weighted by Gasteiger charge is 2.14. The van der Waals surface area contributed by atoms with Crippen molar-refractivity contribution in [2.75, 3.05) is 0 Å². The van der Waals surface area contributed by atoms with E-state index >= 15 is 0 Å². The SMILES string of the molecule is O=c1c2ccccc2c2ccccc2n2c(=O)c3ccccc3c3cccc(c4ccccc14)c32. The predicted molar refractivity (Wildman–Crippen MR) is 146 cm³/mol. The fourth-order valence-electron chi connectivity index (χ4n) is 5.45. The molecule has 0 aliphatic carbocycles. The molecule has 7 rings (SSSR count). The van der Waals surface area contributed by atoms with Gasteiger partial charge in [0.2, 0.25) is 0 Å². The number of nitrogens with zero attached hydrogens (tertiary/aromatic N) is 1. The van der Waals surface area contributed by atoms with Crippen molar-refractivity contribution in [2.24, 2.45) is 0 Å². The number of hydrogen-bond acceptors (Lipinski definition) is 2. The smallest absolute Gasteiger partial charge is 0.263 e. The summed E-state index contributed by atoms with van der Waals surface area (Å²) in [6.45, 7) is 0. The molecule has 164 valence electrons. The van der Waals surface area contributed by atoms with Crippen molar-refractivity contribution in [3.63, 3.8) is 0 Å². The van der Waals surface area contributed by atoms with Crippen molar-refractivity contribution in [1.82, 2.24) is 4.40 Å². The Morgan fingerprint density at radius 3 is 1.37 bits per heavy atom. The number of para-hydroxylation sites is 2. The van der Waals surface area contributed by atoms with Crippen molar-refractivity contribution in [2.45, 2.75) is 0 Å². The van der Waals surface area contributed by atoms with Gasteiger partial charge in [0.1, 0.15) is 0 Å². The van der Waals surface area contributed by atoms with E-state index in [0.29, 0.717) is 16.2 Å². The van der Waals surface area contributed by atoms with Crippen LogP contribution in [0.25, 0.3) is 59.5 Å². The molecule has 0 aliphatic rings. The van der Waals surface area contributed by atoms with Gasteiger partial charge in [-0.3, -0.25) is 14.0 Å². The summed E-state index contributed by atoms with van der Waals surface area (Å²) in [5, 5.41) is 7.15. The third-order valence-electron chi connectivity index (χ3n) is 6.98. The van der Waals surface area contributed by atoms with E-state index in [-0.39, 0.29) is 11.0 Å². The fourth-order valence-corrected chi connectivity index (χ4v) is 5.45. The van der Waals surface area contributed by atoms with Crippen LogP contribution in [0, 0.1) is 0 Å². The second-order valence-corrected chi connectivity index (χ2v) is 8.83. The Labute approximate surface area is 199 Å². The zero-order chi connectivity index (χ0) is 23.5. The van der Waals surface area contributed by atoms with Crippen molar-refractivity contribution in [1.29, 1.82) is 0 Å². The largest absolute Gasteiger partial charge is 0.289 e. The maximum absolute atomic E-state index is 14.2. The van der Waals surface area contributed by atoms with Gasteiger partial charge in [-0.25, -0.2) is 0 Å². The van der Waals surface area contributed by atoms with Gasteiger partial charge in [-0.15, -0.1) is 0 Å². The van der Waals surface area contributed by atoms with Gasteiger partial charge in [-0.05, 0) is 28.3 Å². The monoisotopic (exact) mass is 449 g/mol. The number of pyridine rings is 1. The highest BCUT2D eigenvalue weighted by atomic mass is 16.1. The molecule has 0 spiro atoms. The summed E-state index contributed by atoms with van der Waals surface area (Å²) in [6, 6.07) is 37.0. The Balaban J connectivity index is 2.04. The summed E-state index contributed by atoms with van der Waals surface area (Å²) in [7, 11) is 0. The Kier molecular flexibility index (Phi) is 4.15. The molecular formula is C32H19NO2. The Morgan fingerprint density at radius 1 is 0.371 bits per heavy atom. The summed E-state index contributed by atoms with van der Waals surface area (Å²) in [4.78, 5) is 28.2. The van der Waals surface area contributed by atoms with Gasteiger partial charge < -0.3 is 0 Å². The third kappa shape index (κ3) is 2.72. The van der Waals surface area contributed by atoms with Gasteiger partial charge in [0.05, 0.1) is 11.0 Å². The standard InChI is InChI=1S/C32H19NO2/c34-31-26-14-4-1-10-20(26)23-13-7-8-19-29(23)33-30-24(21-11-2-5-15-27(21)31)17-9-18-25(30)22-12-3-6-16-28(22)32(33)35/h1-19H. The fraction of sp³-hybridized carbons (Fsp3) is 0. The molecular weight excluding hydrogens is 430 g/mol. The molecule has 2 heterocycles. The molecule has 2 aromatic heterocycles. The molecule has 7 aromatic rings. The van der Waals surface area contributed by atoms with Gasteiger partial charge in [-0.1, -0.05) is 103 Å². The summed E-state index contributed by atoms with van der Waals surface area (Å²) in [5.74, 6) is 0. The highest BCUT2D eigenvalue weighted by Crippen LogP contribution is 2.31. The van der Waals surface area contributed by atoms with E-state index < -0.39 is 0 Å². The Bertz CT molecular complexity index is 2160. The van der Waals surface area contributed by atoms with Crippen LogP contribution in [0.2, 0.25) is 0 Å². The average molecular weight is 450 g/mol. The van der Waals surface area contributed by atoms with Gasteiger partial charge in [0.25, 0.3) is 5.56 Å². The lowest BCUT2D eigenvalue weighted by Gasteiger charge is -2.13. The van der Waals surface area contributed by atoms with Crippen LogP contribution in [0.3, 0.4) is 0 Å². The van der Waals surface area contributed by atoms with Crippen LogP contribution in [-0.2, 0) is 0 Å². The second kappa shape index (κ2) is 7.37. The van der Waals surface area contributed by atoms with Crippen molar-refractivity contribution >= 4 is 59.5 Å². The molecule has 0 saturated carbocycles. The first-order valence-corrected chi connectivity index (χ1v) is 11.6. The maximum atomic E-state index is 14.2. The predicted octanol–water partition coefficient (Wildman–Crippen LogP) is 6.99. The Morgan fingerprint density at radius 2 is 0.771 bits per heavy atom. The molecule has 0 unspecified atom stereocenters. The summed E-state index contributed by atoms with van der Waals surface area (Å²) in [6.07, 6.45) is 0. The van der Waals surface area contributed by atoms with Gasteiger partial charge in [-0.2, -0.15) is 0 Å². The lowest BCUT2D eigenvalue weighted by molar-refractivity contribution is 1.20. The second-order valence-electron chi connectivity index (χ2n) is 8.83. The van der Waals surface area contributed by atoms with E-state index in [1.807, 2.05) is 114 Å². The number of fused-ring (bicyclic) bond motifs is 8. The molecule has 0 amide bonds. The molecule has 0 atom stereocenters. The van der Waals surface area contributed by atoms with Crippen LogP contribution in [0.4, 0.5) is 0 Å². The lowest BCUT2D eigenvalue weighted by Crippen LogP contribution is -2.15. The average Bonchev–Trinajstić information content (AvgIpc) is 2.92. The minimum atomic E-state index is -0.0742. The first kappa shape index (κ1) is 19.7. The van der Waals surface area contributed by atoms with E-state index in [2.05, 4.69) is 6.07 Å². The minimum Gasteiger partial charge on any atom is -0.289 e. The van der Waals surface area contributed by atoms with E-state index in [4.69, 9.17) is 0 Å². The summed E-state index contributed by atoms with van der Waals surface area (Å²) in [5.41, 5.74) is 1.47. The van der Waals surface area contributed by atoms with Crippen molar-refractivity contribution in [3.8, 4) is 0 Å². The first-order valence-electron chi connectivity index (χ1n) is 11.6. The number of benzene rings is 5. The summed E-state index contributed by atoms with van der Waals surface area (Å²) >= 11 is 0. The molecule has 3 heteroatoms. The van der Waals surface area contributed by atoms with E-state index in [0.717, 1.165) is 43.4 Å². The minimum absolute atomic E-state index is 0.0282. The van der Waals surface area contributed by atoms with Crippen molar-refractivity contribution < 1.29 is 0 Å². The zero-order valence-corrected chi connectivity index (χ0v) is 18.7. The van der Waals surface area contributed by atoms with Crippen LogP contribution in [0.15, 0.2) is 125 Å². The molecule has 0 bridgehead atoms. The van der Waals surface area contributed by atoms with Crippen molar-refractivity contribution in [3.05, 3.63) is 136 Å². The van der Waals surface area contributed by atoms with E-state index in [1.165, 1.54) is 0 Å². The van der Waals surface area contributed by atoms with E-state index in [1.54, 1.807) is 0 Å². The van der Waals surface area contributed by atoms with Crippen LogP contribution >= 0.6 is 0 Å². The molecule has 35 heavy (non-hydrogen) atoms.